The van der Waals surface area contributed by atoms with Gasteiger partial charge < -0.3 is 0 Å². The van der Waals surface area contributed by atoms with E-state index in [4.69, 9.17) is 0 Å². The van der Waals surface area contributed by atoms with Crippen LogP contribution in [0.5, 0.6) is 0 Å². The standard InChI is InChI=1S/C20H34/c1-5-8-11-18(12-9-6-2)20-15-14-17(4)16-19(20)13-10-7-3/h14-16,18H,5-13H2,1-4H3. The molecule has 0 N–H and O–H groups in total. The van der Waals surface area contributed by atoms with Crippen LogP contribution in [0.25, 0.3) is 0 Å². The van der Waals surface area contributed by atoms with Gasteiger partial charge in [-0.2, -0.15) is 0 Å². The van der Waals surface area contributed by atoms with Crippen molar-refractivity contribution in [1.82, 2.24) is 0 Å². The van der Waals surface area contributed by atoms with E-state index in [1.54, 1.807) is 11.1 Å². The summed E-state index contributed by atoms with van der Waals surface area (Å²) in [6, 6.07) is 7.18. The van der Waals surface area contributed by atoms with Crippen molar-refractivity contribution in [2.24, 2.45) is 0 Å². The van der Waals surface area contributed by atoms with E-state index >= 15 is 0 Å². The predicted molar refractivity (Wildman–Crippen MR) is 91.6 cm³/mol. The van der Waals surface area contributed by atoms with E-state index in [1.807, 2.05) is 0 Å². The van der Waals surface area contributed by atoms with Crippen LogP contribution in [0.1, 0.15) is 94.7 Å². The van der Waals surface area contributed by atoms with Crippen LogP contribution in [0.3, 0.4) is 0 Å². The summed E-state index contributed by atoms with van der Waals surface area (Å²) >= 11 is 0. The van der Waals surface area contributed by atoms with E-state index < -0.39 is 0 Å². The summed E-state index contributed by atoms with van der Waals surface area (Å²) < 4.78 is 0. The molecule has 0 nitrogen and oxygen atoms in total. The van der Waals surface area contributed by atoms with Gasteiger partial charge in [0.1, 0.15) is 0 Å². The lowest BCUT2D eigenvalue weighted by atomic mass is 9.84. The van der Waals surface area contributed by atoms with E-state index in [1.165, 1.54) is 63.4 Å². The SMILES string of the molecule is CCCCc1cc(C)ccc1C(CCCC)CCCC. The first-order chi connectivity index (χ1) is 9.72. The van der Waals surface area contributed by atoms with Crippen molar-refractivity contribution >= 4 is 0 Å². The lowest BCUT2D eigenvalue weighted by Crippen LogP contribution is -2.04. The third kappa shape index (κ3) is 5.69. The van der Waals surface area contributed by atoms with Gasteiger partial charge in [0, 0.05) is 0 Å². The molecule has 0 radical (unpaired) electrons. The highest BCUT2D eigenvalue weighted by molar-refractivity contribution is 5.34. The quantitative estimate of drug-likeness (QED) is 0.440. The molecule has 0 aromatic heterocycles. The second kappa shape index (κ2) is 10.0. The van der Waals surface area contributed by atoms with Crippen LogP contribution < -0.4 is 0 Å². The predicted octanol–water partition coefficient (Wildman–Crippen LogP) is 6.80. The maximum absolute atomic E-state index is 2.44. The molecular formula is C20H34. The number of hydrogen-bond acceptors (Lipinski definition) is 0. The lowest BCUT2D eigenvalue weighted by molar-refractivity contribution is 0.520. The van der Waals surface area contributed by atoms with Crippen molar-refractivity contribution in [3.05, 3.63) is 34.9 Å². The maximum atomic E-state index is 2.44. The summed E-state index contributed by atoms with van der Waals surface area (Å²) in [4.78, 5) is 0. The van der Waals surface area contributed by atoms with Gasteiger partial charge in [-0.1, -0.05) is 76.6 Å². The van der Waals surface area contributed by atoms with Gasteiger partial charge >= 0.3 is 0 Å². The Hall–Kier alpha value is -0.780. The van der Waals surface area contributed by atoms with Crippen LogP contribution in [0.15, 0.2) is 18.2 Å². The minimum atomic E-state index is 0.794. The van der Waals surface area contributed by atoms with Crippen molar-refractivity contribution in [2.75, 3.05) is 0 Å². The molecule has 114 valence electrons. The largest absolute Gasteiger partial charge is 0.0654 e. The molecule has 0 bridgehead atoms. The van der Waals surface area contributed by atoms with E-state index in [0.717, 1.165) is 5.92 Å². The van der Waals surface area contributed by atoms with E-state index in [-0.39, 0.29) is 0 Å². The molecule has 0 saturated carbocycles. The van der Waals surface area contributed by atoms with Crippen LogP contribution in [0, 0.1) is 6.92 Å². The molecule has 1 rings (SSSR count). The molecule has 0 aliphatic heterocycles. The summed E-state index contributed by atoms with van der Waals surface area (Å²) in [6.45, 7) is 9.14. The van der Waals surface area contributed by atoms with Gasteiger partial charge in [0.25, 0.3) is 0 Å². The third-order valence-corrected chi connectivity index (χ3v) is 4.35. The average Bonchev–Trinajstić information content (AvgIpc) is 2.46. The first kappa shape index (κ1) is 17.3. The second-order valence-corrected chi connectivity index (χ2v) is 6.29. The van der Waals surface area contributed by atoms with Crippen molar-refractivity contribution in [3.8, 4) is 0 Å². The fourth-order valence-electron chi connectivity index (χ4n) is 3.07. The van der Waals surface area contributed by atoms with E-state index in [2.05, 4.69) is 45.9 Å². The highest BCUT2D eigenvalue weighted by Gasteiger charge is 2.14. The third-order valence-electron chi connectivity index (χ3n) is 4.35. The molecule has 1 aromatic carbocycles. The zero-order valence-corrected chi connectivity index (χ0v) is 14.2. The van der Waals surface area contributed by atoms with Crippen molar-refractivity contribution in [3.63, 3.8) is 0 Å². The first-order valence-corrected chi connectivity index (χ1v) is 8.82. The molecule has 0 saturated heterocycles. The average molecular weight is 274 g/mol. The Kier molecular flexibility index (Phi) is 8.65. The van der Waals surface area contributed by atoms with Crippen molar-refractivity contribution in [2.45, 2.75) is 91.4 Å². The first-order valence-electron chi connectivity index (χ1n) is 8.82. The van der Waals surface area contributed by atoms with Crippen molar-refractivity contribution in [1.29, 1.82) is 0 Å². The second-order valence-electron chi connectivity index (χ2n) is 6.29. The molecule has 0 aliphatic carbocycles. The van der Waals surface area contributed by atoms with Crippen LogP contribution >= 0.6 is 0 Å². The Bertz CT molecular complexity index is 356. The highest BCUT2D eigenvalue weighted by Crippen LogP contribution is 2.31. The Morgan fingerprint density at radius 2 is 1.45 bits per heavy atom. The molecule has 0 amide bonds. The molecule has 0 aliphatic rings. The molecule has 0 fully saturated rings. The highest BCUT2D eigenvalue weighted by atomic mass is 14.2. The topological polar surface area (TPSA) is 0 Å². The molecule has 0 heteroatoms. The normalized spacial score (nSPS) is 11.2. The van der Waals surface area contributed by atoms with Gasteiger partial charge in [-0.05, 0) is 49.7 Å². The number of unbranched alkanes of at least 4 members (excludes halogenated alkanes) is 3. The van der Waals surface area contributed by atoms with Crippen LogP contribution in [-0.4, -0.2) is 0 Å². The Labute approximate surface area is 127 Å². The van der Waals surface area contributed by atoms with Gasteiger partial charge in [-0.15, -0.1) is 0 Å². The van der Waals surface area contributed by atoms with Gasteiger partial charge in [0.05, 0.1) is 0 Å². The molecule has 0 unspecified atom stereocenters. The van der Waals surface area contributed by atoms with E-state index in [0.29, 0.717) is 0 Å². The fraction of sp³-hybridized carbons (Fsp3) is 0.700. The number of rotatable bonds is 10. The summed E-state index contributed by atoms with van der Waals surface area (Å²) in [7, 11) is 0. The Morgan fingerprint density at radius 1 is 0.850 bits per heavy atom. The summed E-state index contributed by atoms with van der Waals surface area (Å²) in [5, 5.41) is 0. The molecule has 0 heterocycles. The Balaban J connectivity index is 2.90. The van der Waals surface area contributed by atoms with Gasteiger partial charge in [-0.3, -0.25) is 0 Å². The number of benzene rings is 1. The van der Waals surface area contributed by atoms with E-state index in [9.17, 15) is 0 Å². The molecule has 0 spiro atoms. The number of aryl methyl sites for hydroxylation is 2. The van der Waals surface area contributed by atoms with Crippen LogP contribution in [-0.2, 0) is 6.42 Å². The monoisotopic (exact) mass is 274 g/mol. The molecule has 1 aromatic rings. The molecule has 20 heavy (non-hydrogen) atoms. The summed E-state index contributed by atoms with van der Waals surface area (Å²) in [5.74, 6) is 0.794. The fourth-order valence-corrected chi connectivity index (χ4v) is 3.07. The van der Waals surface area contributed by atoms with Crippen LogP contribution in [0.2, 0.25) is 0 Å². The Morgan fingerprint density at radius 3 is 2.00 bits per heavy atom. The lowest BCUT2D eigenvalue weighted by Gasteiger charge is -2.21. The number of hydrogen-bond donors (Lipinski definition) is 0. The molecular weight excluding hydrogens is 240 g/mol. The molecule has 0 atom stereocenters. The summed E-state index contributed by atoms with van der Waals surface area (Å²) in [6.07, 6.45) is 12.0. The summed E-state index contributed by atoms with van der Waals surface area (Å²) in [5.41, 5.74) is 4.71. The smallest absolute Gasteiger partial charge is 0.0159 e. The zero-order valence-electron chi connectivity index (χ0n) is 14.2. The van der Waals surface area contributed by atoms with Crippen molar-refractivity contribution < 1.29 is 0 Å². The minimum absolute atomic E-state index is 0.794. The van der Waals surface area contributed by atoms with Crippen LogP contribution in [0.4, 0.5) is 0 Å². The minimum Gasteiger partial charge on any atom is -0.0654 e. The maximum Gasteiger partial charge on any atom is -0.0159 e. The zero-order chi connectivity index (χ0) is 14.8. The van der Waals surface area contributed by atoms with Gasteiger partial charge in [-0.25, -0.2) is 0 Å². The van der Waals surface area contributed by atoms with Gasteiger partial charge in [0.2, 0.25) is 0 Å². The van der Waals surface area contributed by atoms with Gasteiger partial charge in [0.15, 0.2) is 0 Å².